The van der Waals surface area contributed by atoms with Crippen LogP contribution in [0.15, 0.2) is 0 Å². The van der Waals surface area contributed by atoms with E-state index >= 15 is 0 Å². The molecule has 0 saturated carbocycles. The van der Waals surface area contributed by atoms with Crippen molar-refractivity contribution in [3.05, 3.63) is 17.0 Å². The van der Waals surface area contributed by atoms with Gasteiger partial charge in [-0.05, 0) is 39.8 Å². The maximum Gasteiger partial charge on any atom is 0.0641 e. The fourth-order valence-corrected chi connectivity index (χ4v) is 2.93. The number of piperidine rings is 1. The Labute approximate surface area is 123 Å². The Balaban J connectivity index is 1.92. The molecule has 0 amide bonds. The summed E-state index contributed by atoms with van der Waals surface area (Å²) in [4.78, 5) is 2.58. The number of rotatable bonds is 6. The van der Waals surface area contributed by atoms with E-state index in [0.717, 1.165) is 19.6 Å². The average molecular weight is 278 g/mol. The summed E-state index contributed by atoms with van der Waals surface area (Å²) in [5, 5.41) is 8.22. The van der Waals surface area contributed by atoms with E-state index in [0.29, 0.717) is 6.04 Å². The van der Waals surface area contributed by atoms with Crippen molar-refractivity contribution in [3.8, 4) is 0 Å². The topological polar surface area (TPSA) is 33.1 Å². The molecule has 4 nitrogen and oxygen atoms in total. The molecule has 0 bridgehead atoms. The minimum atomic E-state index is 0.519. The van der Waals surface area contributed by atoms with Gasteiger partial charge in [-0.2, -0.15) is 5.10 Å². The summed E-state index contributed by atoms with van der Waals surface area (Å²) in [6, 6.07) is 0.519. The van der Waals surface area contributed by atoms with E-state index in [2.05, 4.69) is 42.6 Å². The van der Waals surface area contributed by atoms with Gasteiger partial charge in [0, 0.05) is 30.4 Å². The van der Waals surface area contributed by atoms with Crippen LogP contribution in [0.1, 0.15) is 50.1 Å². The molecule has 2 heterocycles. The summed E-state index contributed by atoms with van der Waals surface area (Å²) in [7, 11) is 0. The number of aromatic nitrogens is 2. The first-order valence-electron chi connectivity index (χ1n) is 8.06. The Hall–Kier alpha value is -0.870. The van der Waals surface area contributed by atoms with Crippen LogP contribution in [0.3, 0.4) is 0 Å². The van der Waals surface area contributed by atoms with Gasteiger partial charge in [-0.15, -0.1) is 0 Å². The van der Waals surface area contributed by atoms with Crippen molar-refractivity contribution in [1.82, 2.24) is 20.0 Å². The van der Waals surface area contributed by atoms with Gasteiger partial charge in [0.1, 0.15) is 0 Å². The van der Waals surface area contributed by atoms with Gasteiger partial charge in [0.15, 0.2) is 0 Å². The number of aryl methyl sites for hydroxylation is 1. The number of hydrogen-bond donors (Lipinski definition) is 1. The van der Waals surface area contributed by atoms with E-state index in [1.54, 1.807) is 0 Å². The van der Waals surface area contributed by atoms with Gasteiger partial charge in [0.2, 0.25) is 0 Å². The second kappa shape index (κ2) is 7.23. The quantitative estimate of drug-likeness (QED) is 0.868. The van der Waals surface area contributed by atoms with Crippen LogP contribution in [0.5, 0.6) is 0 Å². The number of likely N-dealkylation sites (tertiary alicyclic amines) is 1. The van der Waals surface area contributed by atoms with E-state index in [-0.39, 0.29) is 0 Å². The Kier molecular flexibility index (Phi) is 5.61. The molecular formula is C16H30N4. The lowest BCUT2D eigenvalue weighted by molar-refractivity contribution is 0.217. The summed E-state index contributed by atoms with van der Waals surface area (Å²) >= 11 is 0. The first-order chi connectivity index (χ1) is 9.58. The largest absolute Gasteiger partial charge is 0.310 e. The normalized spacial score (nSPS) is 17.1. The molecule has 0 atom stereocenters. The molecule has 1 aromatic rings. The van der Waals surface area contributed by atoms with Crippen LogP contribution in [0, 0.1) is 13.8 Å². The Morgan fingerprint density at radius 1 is 1.10 bits per heavy atom. The molecule has 0 spiro atoms. The van der Waals surface area contributed by atoms with Crippen molar-refractivity contribution in [2.24, 2.45) is 0 Å². The van der Waals surface area contributed by atoms with Gasteiger partial charge >= 0.3 is 0 Å². The van der Waals surface area contributed by atoms with Gasteiger partial charge in [0.05, 0.1) is 12.2 Å². The molecular weight excluding hydrogens is 248 g/mol. The highest BCUT2D eigenvalue weighted by Gasteiger charge is 2.14. The molecule has 1 N–H and O–H groups in total. The first-order valence-corrected chi connectivity index (χ1v) is 8.06. The van der Waals surface area contributed by atoms with Crippen LogP contribution in [-0.4, -0.2) is 40.4 Å². The van der Waals surface area contributed by atoms with Crippen LogP contribution in [-0.2, 0) is 13.1 Å². The summed E-state index contributed by atoms with van der Waals surface area (Å²) in [5.41, 5.74) is 3.87. The van der Waals surface area contributed by atoms with Gasteiger partial charge in [-0.1, -0.05) is 20.3 Å². The van der Waals surface area contributed by atoms with Crippen molar-refractivity contribution in [2.75, 3.05) is 19.6 Å². The molecule has 0 aliphatic carbocycles. The fraction of sp³-hybridized carbons (Fsp3) is 0.812. The van der Waals surface area contributed by atoms with Crippen LogP contribution in [0.25, 0.3) is 0 Å². The van der Waals surface area contributed by atoms with Gasteiger partial charge in [-0.3, -0.25) is 4.68 Å². The number of nitrogens with one attached hydrogen (secondary N) is 1. The molecule has 1 aromatic heterocycles. The highest BCUT2D eigenvalue weighted by Crippen LogP contribution is 2.14. The highest BCUT2D eigenvalue weighted by molar-refractivity contribution is 5.24. The molecule has 114 valence electrons. The van der Waals surface area contributed by atoms with Crippen LogP contribution >= 0.6 is 0 Å². The second-order valence-corrected chi connectivity index (χ2v) is 6.31. The molecule has 0 aromatic carbocycles. The molecule has 4 heteroatoms. The SMILES string of the molecule is Cc1nn(CCN2CCCCC2)c(C)c1CNC(C)C. The molecule has 1 aliphatic rings. The van der Waals surface area contributed by atoms with Crippen molar-refractivity contribution < 1.29 is 0 Å². The lowest BCUT2D eigenvalue weighted by Gasteiger charge is -2.26. The predicted molar refractivity (Wildman–Crippen MR) is 84.0 cm³/mol. The summed E-state index contributed by atoms with van der Waals surface area (Å²) in [5.74, 6) is 0. The van der Waals surface area contributed by atoms with Crippen molar-refractivity contribution in [2.45, 2.75) is 66.1 Å². The van der Waals surface area contributed by atoms with Crippen LogP contribution in [0.2, 0.25) is 0 Å². The minimum absolute atomic E-state index is 0.519. The maximum absolute atomic E-state index is 4.72. The molecule has 20 heavy (non-hydrogen) atoms. The molecule has 1 fully saturated rings. The zero-order valence-electron chi connectivity index (χ0n) is 13.6. The molecule has 0 radical (unpaired) electrons. The third-order valence-corrected chi connectivity index (χ3v) is 4.30. The van der Waals surface area contributed by atoms with E-state index in [1.165, 1.54) is 49.3 Å². The van der Waals surface area contributed by atoms with Crippen LogP contribution < -0.4 is 5.32 Å². The second-order valence-electron chi connectivity index (χ2n) is 6.31. The van der Waals surface area contributed by atoms with Gasteiger partial charge in [0.25, 0.3) is 0 Å². The fourth-order valence-electron chi connectivity index (χ4n) is 2.93. The summed E-state index contributed by atoms with van der Waals surface area (Å²) in [6.07, 6.45) is 4.13. The van der Waals surface area contributed by atoms with Gasteiger partial charge < -0.3 is 10.2 Å². The van der Waals surface area contributed by atoms with E-state index in [4.69, 9.17) is 5.10 Å². The van der Waals surface area contributed by atoms with E-state index in [9.17, 15) is 0 Å². The monoisotopic (exact) mass is 278 g/mol. The molecule has 0 unspecified atom stereocenters. The van der Waals surface area contributed by atoms with Crippen molar-refractivity contribution in [3.63, 3.8) is 0 Å². The van der Waals surface area contributed by atoms with E-state index < -0.39 is 0 Å². The van der Waals surface area contributed by atoms with Gasteiger partial charge in [-0.25, -0.2) is 0 Å². The zero-order valence-corrected chi connectivity index (χ0v) is 13.6. The number of nitrogens with zero attached hydrogens (tertiary/aromatic N) is 3. The predicted octanol–water partition coefficient (Wildman–Crippen LogP) is 2.48. The smallest absolute Gasteiger partial charge is 0.0641 e. The lowest BCUT2D eigenvalue weighted by atomic mass is 10.1. The molecule has 1 saturated heterocycles. The van der Waals surface area contributed by atoms with Crippen molar-refractivity contribution in [1.29, 1.82) is 0 Å². The van der Waals surface area contributed by atoms with Crippen molar-refractivity contribution >= 4 is 0 Å². The third-order valence-electron chi connectivity index (χ3n) is 4.30. The van der Waals surface area contributed by atoms with Crippen LogP contribution in [0.4, 0.5) is 0 Å². The summed E-state index contributed by atoms with van der Waals surface area (Å²) in [6.45, 7) is 14.3. The Bertz CT molecular complexity index is 416. The third kappa shape index (κ3) is 4.06. The molecule has 1 aliphatic heterocycles. The molecule has 2 rings (SSSR count). The Morgan fingerprint density at radius 2 is 1.80 bits per heavy atom. The Morgan fingerprint density at radius 3 is 2.45 bits per heavy atom. The standard InChI is InChI=1S/C16H30N4/c1-13(2)17-12-16-14(3)18-20(15(16)4)11-10-19-8-6-5-7-9-19/h13,17H,5-12H2,1-4H3. The summed E-state index contributed by atoms with van der Waals surface area (Å²) < 4.78 is 2.20. The first kappa shape index (κ1) is 15.5. The highest BCUT2D eigenvalue weighted by atomic mass is 15.3. The van der Waals surface area contributed by atoms with E-state index in [1.807, 2.05) is 0 Å². The zero-order chi connectivity index (χ0) is 14.5. The minimum Gasteiger partial charge on any atom is -0.310 e. The average Bonchev–Trinajstić information content (AvgIpc) is 2.70. The lowest BCUT2D eigenvalue weighted by Crippen LogP contribution is -2.33. The maximum atomic E-state index is 4.72. The number of hydrogen-bond acceptors (Lipinski definition) is 3.